The SMILES string of the molecule is CC(=O)C[C@@H](c1ccccc1)S(=O)(=O)c1ccccc1. The van der Waals surface area contributed by atoms with E-state index < -0.39 is 15.1 Å². The summed E-state index contributed by atoms with van der Waals surface area (Å²) in [6.07, 6.45) is -0.0127. The van der Waals surface area contributed by atoms with Crippen molar-refractivity contribution in [3.63, 3.8) is 0 Å². The monoisotopic (exact) mass is 288 g/mol. The van der Waals surface area contributed by atoms with Crippen molar-refractivity contribution in [3.8, 4) is 0 Å². The number of Topliss-reactive ketones (excluding diaryl/α,β-unsaturated/α-hetero) is 1. The molecule has 0 N–H and O–H groups in total. The Bertz CT molecular complexity index is 676. The van der Waals surface area contributed by atoms with Crippen LogP contribution in [0.3, 0.4) is 0 Å². The van der Waals surface area contributed by atoms with E-state index in [-0.39, 0.29) is 17.1 Å². The third-order valence-corrected chi connectivity index (χ3v) is 5.21. The van der Waals surface area contributed by atoms with Gasteiger partial charge in [0.25, 0.3) is 0 Å². The minimum absolute atomic E-state index is 0.0127. The summed E-state index contributed by atoms with van der Waals surface area (Å²) in [7, 11) is -3.57. The van der Waals surface area contributed by atoms with Crippen molar-refractivity contribution < 1.29 is 13.2 Å². The summed E-state index contributed by atoms with van der Waals surface area (Å²) in [6, 6.07) is 17.1. The summed E-state index contributed by atoms with van der Waals surface area (Å²) in [6.45, 7) is 1.41. The molecule has 2 rings (SSSR count). The molecular weight excluding hydrogens is 272 g/mol. The molecule has 20 heavy (non-hydrogen) atoms. The van der Waals surface area contributed by atoms with E-state index in [1.54, 1.807) is 54.6 Å². The van der Waals surface area contributed by atoms with Crippen LogP contribution in [0, 0.1) is 0 Å². The number of hydrogen-bond acceptors (Lipinski definition) is 3. The van der Waals surface area contributed by atoms with Gasteiger partial charge in [0.1, 0.15) is 5.78 Å². The molecule has 0 saturated heterocycles. The summed E-state index contributed by atoms with van der Waals surface area (Å²) in [5.41, 5.74) is 0.645. The average molecular weight is 288 g/mol. The summed E-state index contributed by atoms with van der Waals surface area (Å²) in [4.78, 5) is 11.7. The molecule has 2 aromatic carbocycles. The molecule has 4 heteroatoms. The third kappa shape index (κ3) is 3.14. The molecule has 2 aromatic rings. The Morgan fingerprint density at radius 3 is 1.95 bits per heavy atom. The number of ketones is 1. The fraction of sp³-hybridized carbons (Fsp3) is 0.188. The van der Waals surface area contributed by atoms with E-state index in [1.165, 1.54) is 6.92 Å². The van der Waals surface area contributed by atoms with Crippen LogP contribution in [-0.2, 0) is 14.6 Å². The number of sulfone groups is 1. The molecule has 0 amide bonds. The summed E-state index contributed by atoms with van der Waals surface area (Å²) < 4.78 is 25.4. The lowest BCUT2D eigenvalue weighted by atomic mass is 10.1. The molecule has 3 nitrogen and oxygen atoms in total. The molecule has 1 atom stereocenters. The van der Waals surface area contributed by atoms with Crippen LogP contribution < -0.4 is 0 Å². The maximum absolute atomic E-state index is 12.7. The van der Waals surface area contributed by atoms with Crippen LogP contribution in [0.4, 0.5) is 0 Å². The lowest BCUT2D eigenvalue weighted by Gasteiger charge is -2.17. The number of benzene rings is 2. The average Bonchev–Trinajstić information content (AvgIpc) is 2.46. The second-order valence-corrected chi connectivity index (χ2v) is 6.79. The zero-order valence-electron chi connectivity index (χ0n) is 11.2. The van der Waals surface area contributed by atoms with Crippen LogP contribution >= 0.6 is 0 Å². The van der Waals surface area contributed by atoms with E-state index >= 15 is 0 Å². The maximum atomic E-state index is 12.7. The molecule has 0 bridgehead atoms. The van der Waals surface area contributed by atoms with E-state index in [1.807, 2.05) is 6.07 Å². The Balaban J connectivity index is 2.49. The van der Waals surface area contributed by atoms with Gasteiger partial charge in [0, 0.05) is 6.42 Å². The standard InChI is InChI=1S/C16H16O3S/c1-13(17)12-16(14-8-4-2-5-9-14)20(18,19)15-10-6-3-7-11-15/h2-11,16H,12H2,1H3/t16-/m0/s1. The van der Waals surface area contributed by atoms with Crippen molar-refractivity contribution in [3.05, 3.63) is 66.2 Å². The van der Waals surface area contributed by atoms with Crippen LogP contribution in [0.5, 0.6) is 0 Å². The van der Waals surface area contributed by atoms with Crippen molar-refractivity contribution in [2.45, 2.75) is 23.5 Å². The van der Waals surface area contributed by atoms with Gasteiger partial charge in [-0.05, 0) is 24.6 Å². The Labute approximate surface area is 119 Å². The molecular formula is C16H16O3S. The lowest BCUT2D eigenvalue weighted by molar-refractivity contribution is -0.117. The Hall–Kier alpha value is -1.94. The second kappa shape index (κ2) is 6.01. The summed E-state index contributed by atoms with van der Waals surface area (Å²) in [5.74, 6) is -0.140. The summed E-state index contributed by atoms with van der Waals surface area (Å²) in [5, 5.41) is -0.830. The zero-order valence-corrected chi connectivity index (χ0v) is 12.0. The highest BCUT2D eigenvalue weighted by molar-refractivity contribution is 7.91. The van der Waals surface area contributed by atoms with Crippen molar-refractivity contribution in [1.29, 1.82) is 0 Å². The molecule has 104 valence electrons. The normalized spacial score (nSPS) is 12.8. The molecule has 0 heterocycles. The highest BCUT2D eigenvalue weighted by atomic mass is 32.2. The van der Waals surface area contributed by atoms with Gasteiger partial charge in [-0.25, -0.2) is 8.42 Å². The molecule has 0 aliphatic carbocycles. The lowest BCUT2D eigenvalue weighted by Crippen LogP contribution is -2.16. The quantitative estimate of drug-likeness (QED) is 0.849. The molecule has 0 radical (unpaired) electrons. The van der Waals surface area contributed by atoms with Gasteiger partial charge in [-0.2, -0.15) is 0 Å². The first-order chi connectivity index (χ1) is 9.51. The van der Waals surface area contributed by atoms with Crippen LogP contribution in [0.1, 0.15) is 24.2 Å². The topological polar surface area (TPSA) is 51.2 Å². The fourth-order valence-corrected chi connectivity index (χ4v) is 3.94. The van der Waals surface area contributed by atoms with Gasteiger partial charge in [-0.1, -0.05) is 48.5 Å². The molecule has 0 unspecified atom stereocenters. The molecule has 0 aromatic heterocycles. The van der Waals surface area contributed by atoms with Gasteiger partial charge in [0.15, 0.2) is 9.84 Å². The molecule has 0 spiro atoms. The molecule has 0 saturated carbocycles. The number of carbonyl (C=O) groups is 1. The highest BCUT2D eigenvalue weighted by Gasteiger charge is 2.29. The van der Waals surface area contributed by atoms with Gasteiger partial charge in [0.2, 0.25) is 0 Å². The Kier molecular flexibility index (Phi) is 4.35. The van der Waals surface area contributed by atoms with E-state index in [2.05, 4.69) is 0 Å². The maximum Gasteiger partial charge on any atom is 0.185 e. The number of hydrogen-bond donors (Lipinski definition) is 0. The Morgan fingerprint density at radius 2 is 1.45 bits per heavy atom. The third-order valence-electron chi connectivity index (χ3n) is 3.09. The van der Waals surface area contributed by atoms with Crippen LogP contribution in [0.2, 0.25) is 0 Å². The first-order valence-electron chi connectivity index (χ1n) is 6.35. The Morgan fingerprint density at radius 1 is 0.950 bits per heavy atom. The van der Waals surface area contributed by atoms with E-state index in [4.69, 9.17) is 0 Å². The smallest absolute Gasteiger partial charge is 0.185 e. The second-order valence-electron chi connectivity index (χ2n) is 4.66. The van der Waals surface area contributed by atoms with Crippen LogP contribution in [0.15, 0.2) is 65.6 Å². The van der Waals surface area contributed by atoms with Gasteiger partial charge in [-0.3, -0.25) is 4.79 Å². The van der Waals surface area contributed by atoms with Crippen molar-refractivity contribution in [1.82, 2.24) is 0 Å². The first-order valence-corrected chi connectivity index (χ1v) is 7.90. The molecule has 0 aliphatic heterocycles. The van der Waals surface area contributed by atoms with Gasteiger partial charge in [0.05, 0.1) is 10.1 Å². The number of carbonyl (C=O) groups excluding carboxylic acids is 1. The van der Waals surface area contributed by atoms with Gasteiger partial charge in [-0.15, -0.1) is 0 Å². The largest absolute Gasteiger partial charge is 0.300 e. The number of rotatable bonds is 5. The van der Waals surface area contributed by atoms with Gasteiger partial charge >= 0.3 is 0 Å². The van der Waals surface area contributed by atoms with E-state index in [0.717, 1.165) is 0 Å². The highest BCUT2D eigenvalue weighted by Crippen LogP contribution is 2.31. The van der Waals surface area contributed by atoms with Crippen molar-refractivity contribution in [2.24, 2.45) is 0 Å². The minimum atomic E-state index is -3.57. The van der Waals surface area contributed by atoms with E-state index in [0.29, 0.717) is 5.56 Å². The predicted octanol–water partition coefficient (Wildman–Crippen LogP) is 3.18. The van der Waals surface area contributed by atoms with Crippen LogP contribution in [-0.4, -0.2) is 14.2 Å². The van der Waals surface area contributed by atoms with Crippen molar-refractivity contribution >= 4 is 15.6 Å². The molecule has 0 fully saturated rings. The van der Waals surface area contributed by atoms with Crippen molar-refractivity contribution in [2.75, 3.05) is 0 Å². The van der Waals surface area contributed by atoms with Crippen LogP contribution in [0.25, 0.3) is 0 Å². The first kappa shape index (κ1) is 14.5. The van der Waals surface area contributed by atoms with Gasteiger partial charge < -0.3 is 0 Å². The fourth-order valence-electron chi connectivity index (χ4n) is 2.11. The zero-order chi connectivity index (χ0) is 14.6. The van der Waals surface area contributed by atoms with E-state index in [9.17, 15) is 13.2 Å². The molecule has 0 aliphatic rings. The predicted molar refractivity (Wildman–Crippen MR) is 78.1 cm³/mol. The summed E-state index contributed by atoms with van der Waals surface area (Å²) >= 11 is 0. The minimum Gasteiger partial charge on any atom is -0.300 e.